The molecule has 140 valence electrons. The molecule has 0 bridgehead atoms. The van der Waals surface area contributed by atoms with Gasteiger partial charge in [0.05, 0.1) is 10.7 Å². The third-order valence-corrected chi connectivity index (χ3v) is 5.77. The van der Waals surface area contributed by atoms with E-state index in [1.165, 1.54) is 4.88 Å². The first-order valence-electron chi connectivity index (χ1n) is 9.26. The molecule has 2 aromatic rings. The molecule has 0 amide bonds. The molecular formula is C20H28N4OS. The van der Waals surface area contributed by atoms with E-state index in [1.54, 1.807) is 11.3 Å². The molecule has 1 aliphatic rings. The van der Waals surface area contributed by atoms with E-state index in [0.717, 1.165) is 61.3 Å². The molecule has 0 atom stereocenters. The van der Waals surface area contributed by atoms with E-state index in [4.69, 9.17) is 4.74 Å². The third kappa shape index (κ3) is 4.97. The van der Waals surface area contributed by atoms with Gasteiger partial charge in [-0.3, -0.25) is 4.99 Å². The number of aryl methyl sites for hydroxylation is 2. The Labute approximate surface area is 160 Å². The molecule has 0 radical (unpaired) electrons. The van der Waals surface area contributed by atoms with Crippen LogP contribution < -0.4 is 10.1 Å². The number of thiazole rings is 1. The Balaban J connectivity index is 1.44. The number of benzene rings is 1. The largest absolute Gasteiger partial charge is 0.490 e. The summed E-state index contributed by atoms with van der Waals surface area (Å²) in [4.78, 5) is 12.6. The first-order valence-corrected chi connectivity index (χ1v) is 10.1. The van der Waals surface area contributed by atoms with E-state index in [9.17, 15) is 0 Å². The van der Waals surface area contributed by atoms with Crippen LogP contribution in [0.15, 0.2) is 35.3 Å². The number of hydrogen-bond acceptors (Lipinski definition) is 4. The molecule has 0 unspecified atom stereocenters. The van der Waals surface area contributed by atoms with Crippen LogP contribution in [0.4, 0.5) is 0 Å². The molecule has 0 aliphatic carbocycles. The summed E-state index contributed by atoms with van der Waals surface area (Å²) in [5, 5.41) is 4.64. The van der Waals surface area contributed by atoms with Gasteiger partial charge in [0.2, 0.25) is 0 Å². The SMILES string of the molecule is CN=C(NCCc1sc(C)nc1C)N1CCC(Oc2ccccc2)CC1. The lowest BCUT2D eigenvalue weighted by Gasteiger charge is -2.34. The maximum Gasteiger partial charge on any atom is 0.193 e. The number of rotatable bonds is 5. The van der Waals surface area contributed by atoms with Gasteiger partial charge in [0.25, 0.3) is 0 Å². The smallest absolute Gasteiger partial charge is 0.193 e. The van der Waals surface area contributed by atoms with Gasteiger partial charge in [-0.05, 0) is 26.0 Å². The molecule has 1 N–H and O–H groups in total. The number of aliphatic imine (C=N–C) groups is 1. The summed E-state index contributed by atoms with van der Waals surface area (Å²) < 4.78 is 6.08. The fourth-order valence-corrected chi connectivity index (χ4v) is 4.24. The van der Waals surface area contributed by atoms with Gasteiger partial charge in [-0.2, -0.15) is 0 Å². The Morgan fingerprint density at radius 3 is 2.62 bits per heavy atom. The summed E-state index contributed by atoms with van der Waals surface area (Å²) in [6.07, 6.45) is 3.31. The quantitative estimate of drug-likeness (QED) is 0.645. The van der Waals surface area contributed by atoms with E-state index in [1.807, 2.05) is 37.4 Å². The van der Waals surface area contributed by atoms with Crippen LogP contribution in [0.25, 0.3) is 0 Å². The molecule has 0 spiro atoms. The van der Waals surface area contributed by atoms with Crippen molar-refractivity contribution in [2.75, 3.05) is 26.7 Å². The Hall–Kier alpha value is -2.08. The standard InChI is InChI=1S/C20H28N4OS/c1-15-19(26-16(2)23-15)9-12-22-20(21-3)24-13-10-18(11-14-24)25-17-7-5-4-6-8-17/h4-8,18H,9-14H2,1-3H3,(H,21,22). The lowest BCUT2D eigenvalue weighted by Crippen LogP contribution is -2.47. The molecular weight excluding hydrogens is 344 g/mol. The zero-order valence-corrected chi connectivity index (χ0v) is 16.7. The van der Waals surface area contributed by atoms with Crippen LogP contribution in [0.1, 0.15) is 28.4 Å². The van der Waals surface area contributed by atoms with Gasteiger partial charge in [-0.25, -0.2) is 4.98 Å². The molecule has 0 saturated carbocycles. The second-order valence-electron chi connectivity index (χ2n) is 6.58. The zero-order valence-electron chi connectivity index (χ0n) is 15.9. The zero-order chi connectivity index (χ0) is 18.4. The number of ether oxygens (including phenoxy) is 1. The number of nitrogens with zero attached hydrogens (tertiary/aromatic N) is 3. The van der Waals surface area contributed by atoms with Crippen molar-refractivity contribution in [3.05, 3.63) is 45.9 Å². The number of piperidine rings is 1. The molecule has 5 nitrogen and oxygen atoms in total. The third-order valence-electron chi connectivity index (χ3n) is 4.63. The van der Waals surface area contributed by atoms with E-state index in [-0.39, 0.29) is 6.10 Å². The molecule has 1 aromatic carbocycles. The average molecular weight is 373 g/mol. The van der Waals surface area contributed by atoms with Gasteiger partial charge in [-0.1, -0.05) is 18.2 Å². The van der Waals surface area contributed by atoms with Crippen molar-refractivity contribution in [3.8, 4) is 5.75 Å². The van der Waals surface area contributed by atoms with Gasteiger partial charge in [0, 0.05) is 50.8 Å². The highest BCUT2D eigenvalue weighted by molar-refractivity contribution is 7.11. The normalized spacial score (nSPS) is 16.0. The molecule has 26 heavy (non-hydrogen) atoms. The van der Waals surface area contributed by atoms with Crippen LogP contribution in [0.5, 0.6) is 5.75 Å². The van der Waals surface area contributed by atoms with Crippen molar-refractivity contribution in [1.82, 2.24) is 15.2 Å². The van der Waals surface area contributed by atoms with E-state index in [0.29, 0.717) is 0 Å². The van der Waals surface area contributed by atoms with Crippen molar-refractivity contribution in [2.24, 2.45) is 4.99 Å². The molecule has 3 rings (SSSR count). The Morgan fingerprint density at radius 1 is 1.27 bits per heavy atom. The monoisotopic (exact) mass is 372 g/mol. The summed E-state index contributed by atoms with van der Waals surface area (Å²) in [5.74, 6) is 1.95. The Morgan fingerprint density at radius 2 is 2.00 bits per heavy atom. The minimum absolute atomic E-state index is 0.287. The van der Waals surface area contributed by atoms with E-state index in [2.05, 4.69) is 34.0 Å². The number of para-hydroxylation sites is 1. The predicted octanol–water partition coefficient (Wildman–Crippen LogP) is 3.42. The van der Waals surface area contributed by atoms with Gasteiger partial charge in [0.1, 0.15) is 11.9 Å². The van der Waals surface area contributed by atoms with Crippen LogP contribution in [-0.4, -0.2) is 48.6 Å². The summed E-state index contributed by atoms with van der Waals surface area (Å²) >= 11 is 1.79. The lowest BCUT2D eigenvalue weighted by atomic mass is 10.1. The molecule has 1 aliphatic heterocycles. The predicted molar refractivity (Wildman–Crippen MR) is 108 cm³/mol. The van der Waals surface area contributed by atoms with Crippen molar-refractivity contribution >= 4 is 17.3 Å². The number of likely N-dealkylation sites (tertiary alicyclic amines) is 1. The summed E-state index contributed by atoms with van der Waals surface area (Å²) in [6.45, 7) is 6.97. The fourth-order valence-electron chi connectivity index (χ4n) is 3.30. The molecule has 6 heteroatoms. The molecule has 1 aromatic heterocycles. The van der Waals surface area contributed by atoms with Crippen LogP contribution in [0.2, 0.25) is 0 Å². The first-order chi connectivity index (χ1) is 12.7. The first kappa shape index (κ1) is 18.7. The average Bonchev–Trinajstić information content (AvgIpc) is 2.98. The number of hydrogen-bond donors (Lipinski definition) is 1. The topological polar surface area (TPSA) is 49.8 Å². The fraction of sp³-hybridized carbons (Fsp3) is 0.500. The van der Waals surface area contributed by atoms with Gasteiger partial charge in [0.15, 0.2) is 5.96 Å². The highest BCUT2D eigenvalue weighted by Crippen LogP contribution is 2.19. The van der Waals surface area contributed by atoms with Crippen molar-refractivity contribution in [2.45, 2.75) is 39.2 Å². The van der Waals surface area contributed by atoms with Gasteiger partial charge in [-0.15, -0.1) is 11.3 Å². The second-order valence-corrected chi connectivity index (χ2v) is 7.87. The summed E-state index contributed by atoms with van der Waals surface area (Å²) in [7, 11) is 1.86. The maximum absolute atomic E-state index is 6.08. The van der Waals surface area contributed by atoms with Gasteiger partial charge < -0.3 is 15.0 Å². The number of aromatic nitrogens is 1. The van der Waals surface area contributed by atoms with E-state index < -0.39 is 0 Å². The van der Waals surface area contributed by atoms with Crippen LogP contribution >= 0.6 is 11.3 Å². The lowest BCUT2D eigenvalue weighted by molar-refractivity contribution is 0.129. The number of nitrogens with one attached hydrogen (secondary N) is 1. The van der Waals surface area contributed by atoms with Crippen molar-refractivity contribution < 1.29 is 4.74 Å². The van der Waals surface area contributed by atoms with Gasteiger partial charge >= 0.3 is 0 Å². The number of guanidine groups is 1. The summed E-state index contributed by atoms with van der Waals surface area (Å²) in [5.41, 5.74) is 1.16. The van der Waals surface area contributed by atoms with Crippen LogP contribution in [-0.2, 0) is 6.42 Å². The van der Waals surface area contributed by atoms with Crippen LogP contribution in [0, 0.1) is 13.8 Å². The molecule has 1 saturated heterocycles. The summed E-state index contributed by atoms with van der Waals surface area (Å²) in [6, 6.07) is 10.1. The highest BCUT2D eigenvalue weighted by Gasteiger charge is 2.22. The van der Waals surface area contributed by atoms with E-state index >= 15 is 0 Å². The second kappa shape index (κ2) is 9.03. The maximum atomic E-state index is 6.08. The van der Waals surface area contributed by atoms with Crippen molar-refractivity contribution in [1.29, 1.82) is 0 Å². The van der Waals surface area contributed by atoms with Crippen LogP contribution in [0.3, 0.4) is 0 Å². The Bertz CT molecular complexity index is 721. The van der Waals surface area contributed by atoms with Crippen molar-refractivity contribution in [3.63, 3.8) is 0 Å². The molecule has 1 fully saturated rings. The molecule has 2 heterocycles. The minimum atomic E-state index is 0.287. The minimum Gasteiger partial charge on any atom is -0.490 e. The Kier molecular flexibility index (Phi) is 6.50. The highest BCUT2D eigenvalue weighted by atomic mass is 32.1.